The van der Waals surface area contributed by atoms with Crippen molar-refractivity contribution in [1.82, 2.24) is 0 Å². The van der Waals surface area contributed by atoms with Gasteiger partial charge in [0.15, 0.2) is 0 Å². The van der Waals surface area contributed by atoms with E-state index in [4.69, 9.17) is 5.11 Å². The highest BCUT2D eigenvalue weighted by molar-refractivity contribution is 5.68. The average molecular weight is 261 g/mol. The summed E-state index contributed by atoms with van der Waals surface area (Å²) in [6, 6.07) is 4.24. The number of nitrogens with one attached hydrogen (secondary N) is 1. The van der Waals surface area contributed by atoms with Crippen molar-refractivity contribution in [3.63, 3.8) is 0 Å². The number of halogens is 3. The van der Waals surface area contributed by atoms with E-state index in [1.165, 1.54) is 12.1 Å². The SMILES string of the molecule is CC[C@H](CC(=O)O)Nc1ccc(C(F)(F)F)cc1. The first-order valence-corrected chi connectivity index (χ1v) is 5.48. The van der Waals surface area contributed by atoms with Gasteiger partial charge in [0.05, 0.1) is 12.0 Å². The van der Waals surface area contributed by atoms with Crippen LogP contribution >= 0.6 is 0 Å². The molecule has 1 aromatic carbocycles. The van der Waals surface area contributed by atoms with Crippen molar-refractivity contribution in [2.75, 3.05) is 5.32 Å². The van der Waals surface area contributed by atoms with Crippen molar-refractivity contribution >= 4 is 11.7 Å². The van der Waals surface area contributed by atoms with E-state index in [2.05, 4.69) is 5.32 Å². The fourth-order valence-electron chi connectivity index (χ4n) is 1.50. The first-order chi connectivity index (χ1) is 8.32. The minimum Gasteiger partial charge on any atom is -0.481 e. The zero-order valence-electron chi connectivity index (χ0n) is 9.79. The second-order valence-corrected chi connectivity index (χ2v) is 3.92. The molecule has 0 amide bonds. The summed E-state index contributed by atoms with van der Waals surface area (Å²) >= 11 is 0. The van der Waals surface area contributed by atoms with E-state index in [1.807, 2.05) is 6.92 Å². The van der Waals surface area contributed by atoms with Crippen molar-refractivity contribution in [3.8, 4) is 0 Å². The lowest BCUT2D eigenvalue weighted by molar-refractivity contribution is -0.138. The Kier molecular flexibility index (Phi) is 4.58. The number of anilines is 1. The lowest BCUT2D eigenvalue weighted by atomic mass is 10.1. The van der Waals surface area contributed by atoms with Crippen LogP contribution in [0.1, 0.15) is 25.3 Å². The van der Waals surface area contributed by atoms with Crippen LogP contribution in [-0.4, -0.2) is 17.1 Å². The number of hydrogen-bond acceptors (Lipinski definition) is 2. The second kappa shape index (κ2) is 5.75. The zero-order chi connectivity index (χ0) is 13.8. The summed E-state index contributed by atoms with van der Waals surface area (Å²) in [6.45, 7) is 1.81. The van der Waals surface area contributed by atoms with E-state index in [1.54, 1.807) is 0 Å². The molecule has 0 spiro atoms. The fourth-order valence-corrected chi connectivity index (χ4v) is 1.50. The van der Waals surface area contributed by atoms with Crippen LogP contribution in [0.5, 0.6) is 0 Å². The van der Waals surface area contributed by atoms with E-state index in [0.717, 1.165) is 12.1 Å². The maximum absolute atomic E-state index is 12.3. The monoisotopic (exact) mass is 261 g/mol. The summed E-state index contributed by atoms with van der Waals surface area (Å²) in [4.78, 5) is 10.6. The first-order valence-electron chi connectivity index (χ1n) is 5.48. The van der Waals surface area contributed by atoms with Crippen molar-refractivity contribution < 1.29 is 23.1 Å². The molecule has 6 heteroatoms. The van der Waals surface area contributed by atoms with Crippen LogP contribution in [-0.2, 0) is 11.0 Å². The summed E-state index contributed by atoms with van der Waals surface area (Å²) in [7, 11) is 0. The maximum atomic E-state index is 12.3. The molecule has 0 saturated heterocycles. The highest BCUT2D eigenvalue weighted by atomic mass is 19.4. The number of alkyl halides is 3. The van der Waals surface area contributed by atoms with E-state index >= 15 is 0 Å². The minimum absolute atomic E-state index is 0.0719. The van der Waals surface area contributed by atoms with Gasteiger partial charge < -0.3 is 10.4 Å². The molecule has 100 valence electrons. The van der Waals surface area contributed by atoms with Crippen molar-refractivity contribution in [2.45, 2.75) is 32.0 Å². The van der Waals surface area contributed by atoms with Gasteiger partial charge in [-0.25, -0.2) is 0 Å². The van der Waals surface area contributed by atoms with Crippen LogP contribution in [0.15, 0.2) is 24.3 Å². The van der Waals surface area contributed by atoms with Gasteiger partial charge >= 0.3 is 12.1 Å². The lowest BCUT2D eigenvalue weighted by Gasteiger charge is -2.16. The largest absolute Gasteiger partial charge is 0.481 e. The second-order valence-electron chi connectivity index (χ2n) is 3.92. The van der Waals surface area contributed by atoms with Gasteiger partial charge in [-0.3, -0.25) is 4.79 Å². The van der Waals surface area contributed by atoms with Crippen molar-refractivity contribution in [2.24, 2.45) is 0 Å². The number of rotatable bonds is 5. The Hall–Kier alpha value is -1.72. The van der Waals surface area contributed by atoms with Gasteiger partial charge in [0.2, 0.25) is 0 Å². The van der Waals surface area contributed by atoms with E-state index in [9.17, 15) is 18.0 Å². The lowest BCUT2D eigenvalue weighted by Crippen LogP contribution is -2.22. The van der Waals surface area contributed by atoms with Crippen molar-refractivity contribution in [1.29, 1.82) is 0 Å². The molecule has 0 aliphatic carbocycles. The van der Waals surface area contributed by atoms with Crippen LogP contribution in [0.4, 0.5) is 18.9 Å². The number of carboxylic acids is 1. The molecule has 0 bridgehead atoms. The average Bonchev–Trinajstić information content (AvgIpc) is 2.27. The molecular formula is C12H14F3NO2. The molecule has 0 unspecified atom stereocenters. The molecule has 0 aromatic heterocycles. The Balaban J connectivity index is 2.71. The first kappa shape index (κ1) is 14.3. The molecule has 0 aliphatic rings. The molecule has 3 nitrogen and oxygen atoms in total. The number of aliphatic carboxylic acids is 1. The molecule has 1 rings (SSSR count). The molecule has 0 saturated carbocycles. The summed E-state index contributed by atoms with van der Waals surface area (Å²) in [6.07, 6.45) is -3.85. The highest BCUT2D eigenvalue weighted by Gasteiger charge is 2.29. The van der Waals surface area contributed by atoms with Gasteiger partial charge in [0, 0.05) is 11.7 Å². The zero-order valence-corrected chi connectivity index (χ0v) is 9.79. The van der Waals surface area contributed by atoms with Crippen LogP contribution in [0.25, 0.3) is 0 Å². The molecular weight excluding hydrogens is 247 g/mol. The number of hydrogen-bond donors (Lipinski definition) is 2. The molecule has 1 aromatic rings. The molecule has 2 N–H and O–H groups in total. The van der Waals surface area contributed by atoms with Crippen LogP contribution in [0.2, 0.25) is 0 Å². The fraction of sp³-hybridized carbons (Fsp3) is 0.417. The molecule has 0 aliphatic heterocycles. The molecule has 0 heterocycles. The third-order valence-corrected chi connectivity index (χ3v) is 2.50. The van der Waals surface area contributed by atoms with Crippen LogP contribution in [0.3, 0.4) is 0 Å². The molecule has 0 radical (unpaired) electrons. The van der Waals surface area contributed by atoms with Crippen LogP contribution < -0.4 is 5.32 Å². The van der Waals surface area contributed by atoms with Gasteiger partial charge in [-0.05, 0) is 30.7 Å². The minimum atomic E-state index is -4.36. The third-order valence-electron chi connectivity index (χ3n) is 2.50. The van der Waals surface area contributed by atoms with Crippen LogP contribution in [0, 0.1) is 0 Å². The van der Waals surface area contributed by atoms with Crippen molar-refractivity contribution in [3.05, 3.63) is 29.8 Å². The quantitative estimate of drug-likeness (QED) is 0.854. The summed E-state index contributed by atoms with van der Waals surface area (Å²) in [5, 5.41) is 11.5. The number of carbonyl (C=O) groups is 1. The molecule has 1 atom stereocenters. The standard InChI is InChI=1S/C12H14F3NO2/c1-2-9(7-11(17)18)16-10-5-3-8(4-6-10)12(13,14)15/h3-6,9,16H,2,7H2,1H3,(H,17,18)/t9-/m1/s1. The smallest absolute Gasteiger partial charge is 0.416 e. The Morgan fingerprint density at radius 3 is 2.28 bits per heavy atom. The Morgan fingerprint density at radius 1 is 1.33 bits per heavy atom. The predicted molar refractivity (Wildman–Crippen MR) is 61.4 cm³/mol. The van der Waals surface area contributed by atoms with Gasteiger partial charge in [-0.2, -0.15) is 13.2 Å². The molecule has 18 heavy (non-hydrogen) atoms. The normalized spacial score (nSPS) is 13.1. The summed E-state index contributed by atoms with van der Waals surface area (Å²) in [5.74, 6) is -0.943. The van der Waals surface area contributed by atoms with Gasteiger partial charge in [-0.1, -0.05) is 6.92 Å². The topological polar surface area (TPSA) is 49.3 Å². The molecule has 0 fully saturated rings. The predicted octanol–water partition coefficient (Wildman–Crippen LogP) is 3.37. The van der Waals surface area contributed by atoms with E-state index in [0.29, 0.717) is 12.1 Å². The summed E-state index contributed by atoms with van der Waals surface area (Å²) < 4.78 is 37.0. The van der Waals surface area contributed by atoms with E-state index in [-0.39, 0.29) is 12.5 Å². The van der Waals surface area contributed by atoms with E-state index < -0.39 is 17.7 Å². The third kappa shape index (κ3) is 4.27. The van der Waals surface area contributed by atoms with Gasteiger partial charge in [-0.15, -0.1) is 0 Å². The Morgan fingerprint density at radius 2 is 1.89 bits per heavy atom. The number of carboxylic acid groups (broad SMARTS) is 1. The Bertz CT molecular complexity index is 401. The maximum Gasteiger partial charge on any atom is 0.416 e. The summed E-state index contributed by atoms with van der Waals surface area (Å²) in [5.41, 5.74) is -0.240. The Labute approximate surface area is 103 Å². The number of benzene rings is 1. The highest BCUT2D eigenvalue weighted by Crippen LogP contribution is 2.30. The van der Waals surface area contributed by atoms with Gasteiger partial charge in [0.25, 0.3) is 0 Å². The van der Waals surface area contributed by atoms with Gasteiger partial charge in [0.1, 0.15) is 0 Å².